The molecule has 2 aromatic rings. The molecule has 1 aromatic carbocycles. The third-order valence-corrected chi connectivity index (χ3v) is 4.79. The molecule has 8 heteroatoms. The maximum Gasteiger partial charge on any atom is 0.275 e. The van der Waals surface area contributed by atoms with Gasteiger partial charge in [0.2, 0.25) is 5.95 Å². The Labute approximate surface area is 156 Å². The minimum atomic E-state index is 0.0189. The molecule has 0 bridgehead atoms. The van der Waals surface area contributed by atoms with Crippen molar-refractivity contribution in [1.82, 2.24) is 15.3 Å². The molecule has 2 heterocycles. The highest BCUT2D eigenvalue weighted by molar-refractivity contribution is 6.35. The minimum absolute atomic E-state index is 0.0189. The number of piperazine rings is 1. The Balaban J connectivity index is 1.43. The van der Waals surface area contributed by atoms with E-state index < -0.39 is 0 Å². The van der Waals surface area contributed by atoms with Crippen molar-refractivity contribution >= 4 is 35.1 Å². The lowest BCUT2D eigenvalue weighted by atomic mass is 10.2. The van der Waals surface area contributed by atoms with Crippen molar-refractivity contribution in [2.75, 3.05) is 37.6 Å². The van der Waals surface area contributed by atoms with E-state index in [9.17, 15) is 4.79 Å². The van der Waals surface area contributed by atoms with Crippen LogP contribution in [-0.4, -0.2) is 48.6 Å². The number of halogens is 2. The molecule has 132 valence electrons. The molecule has 1 fully saturated rings. The van der Waals surface area contributed by atoms with Crippen molar-refractivity contribution in [3.63, 3.8) is 0 Å². The zero-order valence-corrected chi connectivity index (χ0v) is 15.2. The van der Waals surface area contributed by atoms with E-state index in [0.717, 1.165) is 37.7 Å². The largest absolute Gasteiger partial charge is 0.347 e. The number of carbonyl (C=O) groups is 1. The smallest absolute Gasteiger partial charge is 0.275 e. The summed E-state index contributed by atoms with van der Waals surface area (Å²) in [5, 5.41) is 4.08. The van der Waals surface area contributed by atoms with Crippen LogP contribution in [0.5, 0.6) is 0 Å². The van der Waals surface area contributed by atoms with E-state index >= 15 is 0 Å². The van der Waals surface area contributed by atoms with Crippen LogP contribution in [0.15, 0.2) is 36.7 Å². The molecule has 0 unspecified atom stereocenters. The number of nitrogens with one attached hydrogen (secondary N) is 2. The quantitative estimate of drug-likeness (QED) is 0.805. The molecule has 1 aliphatic rings. The average Bonchev–Trinajstić information content (AvgIpc) is 2.62. The summed E-state index contributed by atoms with van der Waals surface area (Å²) in [6, 6.07) is 7.09. The fraction of sp³-hybridized carbons (Fsp3) is 0.353. The van der Waals surface area contributed by atoms with Gasteiger partial charge >= 0.3 is 0 Å². The van der Waals surface area contributed by atoms with Crippen molar-refractivity contribution in [3.05, 3.63) is 52.3 Å². The number of benzene rings is 1. The molecule has 0 radical (unpaired) electrons. The van der Waals surface area contributed by atoms with Crippen molar-refractivity contribution in [1.29, 1.82) is 0 Å². The monoisotopic (exact) mass is 380 g/mol. The first-order valence-electron chi connectivity index (χ1n) is 8.18. The van der Waals surface area contributed by atoms with Gasteiger partial charge in [-0.25, -0.2) is 9.97 Å². The molecule has 25 heavy (non-hydrogen) atoms. The number of carbonyl (C=O) groups excluding carboxylic acids is 1. The summed E-state index contributed by atoms with van der Waals surface area (Å²) < 4.78 is 0. The zero-order valence-electron chi connectivity index (χ0n) is 13.7. The minimum Gasteiger partial charge on any atom is -0.347 e. The number of anilines is 1. The zero-order chi connectivity index (χ0) is 17.6. The van der Waals surface area contributed by atoms with Gasteiger partial charge in [0.15, 0.2) is 6.54 Å². The van der Waals surface area contributed by atoms with Gasteiger partial charge in [-0.3, -0.25) is 4.79 Å². The van der Waals surface area contributed by atoms with Gasteiger partial charge in [0.05, 0.1) is 26.2 Å². The summed E-state index contributed by atoms with van der Waals surface area (Å²) in [5.74, 6) is 0.772. The number of hydrogen-bond acceptors (Lipinski definition) is 4. The Hall–Kier alpha value is -1.89. The van der Waals surface area contributed by atoms with E-state index in [1.54, 1.807) is 24.5 Å². The fourth-order valence-corrected chi connectivity index (χ4v) is 3.28. The summed E-state index contributed by atoms with van der Waals surface area (Å²) in [6.45, 7) is 4.31. The van der Waals surface area contributed by atoms with E-state index in [4.69, 9.17) is 23.2 Å². The van der Waals surface area contributed by atoms with Crippen LogP contribution in [0.1, 0.15) is 5.56 Å². The fourth-order valence-electron chi connectivity index (χ4n) is 2.80. The summed E-state index contributed by atoms with van der Waals surface area (Å²) in [7, 11) is 0. The van der Waals surface area contributed by atoms with Crippen molar-refractivity contribution < 1.29 is 9.69 Å². The van der Waals surface area contributed by atoms with E-state index in [1.165, 1.54) is 4.90 Å². The van der Waals surface area contributed by atoms with Gasteiger partial charge in [-0.05, 0) is 23.8 Å². The molecule has 0 saturated carbocycles. The number of amides is 1. The first kappa shape index (κ1) is 17.9. The van der Waals surface area contributed by atoms with Crippen LogP contribution >= 0.6 is 23.2 Å². The van der Waals surface area contributed by atoms with E-state index in [2.05, 4.69) is 20.2 Å². The number of nitrogens with zero attached hydrogens (tertiary/aromatic N) is 3. The average molecular weight is 381 g/mol. The Morgan fingerprint density at radius 1 is 1.20 bits per heavy atom. The Bertz CT molecular complexity index is 720. The third-order valence-electron chi connectivity index (χ3n) is 4.21. The maximum atomic E-state index is 12.2. The normalized spacial score (nSPS) is 15.2. The van der Waals surface area contributed by atoms with Crippen LogP contribution in [-0.2, 0) is 11.3 Å². The molecule has 3 rings (SSSR count). The Morgan fingerprint density at radius 3 is 2.60 bits per heavy atom. The molecule has 0 spiro atoms. The molecule has 6 nitrogen and oxygen atoms in total. The molecule has 2 N–H and O–H groups in total. The molecular formula is C17H20Cl2N5O+. The number of rotatable bonds is 5. The highest BCUT2D eigenvalue weighted by atomic mass is 35.5. The predicted molar refractivity (Wildman–Crippen MR) is 98.1 cm³/mol. The van der Waals surface area contributed by atoms with Gasteiger partial charge in [0, 0.05) is 29.0 Å². The number of hydrogen-bond donors (Lipinski definition) is 2. The number of quaternary nitrogens is 1. The second kappa shape index (κ2) is 8.47. The lowest BCUT2D eigenvalue weighted by molar-refractivity contribution is -0.892. The van der Waals surface area contributed by atoms with Crippen LogP contribution < -0.4 is 15.1 Å². The van der Waals surface area contributed by atoms with Gasteiger partial charge in [-0.1, -0.05) is 29.3 Å². The topological polar surface area (TPSA) is 62.6 Å². The van der Waals surface area contributed by atoms with Crippen molar-refractivity contribution in [2.45, 2.75) is 6.54 Å². The summed E-state index contributed by atoms with van der Waals surface area (Å²) >= 11 is 12.0. The lowest BCUT2D eigenvalue weighted by Gasteiger charge is -2.31. The van der Waals surface area contributed by atoms with Crippen molar-refractivity contribution in [2.24, 2.45) is 0 Å². The van der Waals surface area contributed by atoms with Crippen LogP contribution in [0.4, 0.5) is 5.95 Å². The first-order valence-corrected chi connectivity index (χ1v) is 8.93. The second-order valence-corrected chi connectivity index (χ2v) is 6.82. The third kappa shape index (κ3) is 5.04. The molecule has 1 saturated heterocycles. The van der Waals surface area contributed by atoms with E-state index in [0.29, 0.717) is 23.1 Å². The van der Waals surface area contributed by atoms with Crippen LogP contribution in [0.3, 0.4) is 0 Å². The highest BCUT2D eigenvalue weighted by Crippen LogP contribution is 2.20. The van der Waals surface area contributed by atoms with Gasteiger partial charge in [-0.15, -0.1) is 0 Å². The van der Waals surface area contributed by atoms with Crippen molar-refractivity contribution in [3.8, 4) is 0 Å². The summed E-state index contributed by atoms with van der Waals surface area (Å²) in [4.78, 5) is 24.1. The number of aromatic nitrogens is 2. The van der Waals surface area contributed by atoms with E-state index in [-0.39, 0.29) is 5.91 Å². The van der Waals surface area contributed by atoms with Crippen LogP contribution in [0.2, 0.25) is 10.0 Å². The van der Waals surface area contributed by atoms with Gasteiger partial charge in [-0.2, -0.15) is 0 Å². The molecule has 0 aliphatic carbocycles. The maximum absolute atomic E-state index is 12.2. The second-order valence-electron chi connectivity index (χ2n) is 5.98. The Kier molecular flexibility index (Phi) is 6.07. The van der Waals surface area contributed by atoms with Gasteiger partial charge in [0.25, 0.3) is 5.91 Å². The molecule has 1 amide bonds. The van der Waals surface area contributed by atoms with Gasteiger partial charge in [0.1, 0.15) is 0 Å². The standard InChI is InChI=1S/C17H19Cl2N5O/c18-14-3-2-13(15(19)10-14)11-22-16(25)12-23-6-8-24(9-7-23)17-20-4-1-5-21-17/h1-5,10H,6-9,11-12H2,(H,22,25)/p+1. The molecule has 1 aromatic heterocycles. The van der Waals surface area contributed by atoms with E-state index in [1.807, 2.05) is 12.1 Å². The predicted octanol–water partition coefficient (Wildman–Crippen LogP) is 0.805. The first-order chi connectivity index (χ1) is 12.1. The van der Waals surface area contributed by atoms with Crippen LogP contribution in [0, 0.1) is 0 Å². The highest BCUT2D eigenvalue weighted by Gasteiger charge is 2.23. The lowest BCUT2D eigenvalue weighted by Crippen LogP contribution is -3.16. The Morgan fingerprint density at radius 2 is 1.92 bits per heavy atom. The molecule has 0 atom stereocenters. The summed E-state index contributed by atoms with van der Waals surface area (Å²) in [5.41, 5.74) is 0.862. The SMILES string of the molecule is O=C(C[NH+]1CCN(c2ncccn2)CC1)NCc1ccc(Cl)cc1Cl. The molecular weight excluding hydrogens is 361 g/mol. The van der Waals surface area contributed by atoms with Crippen LogP contribution in [0.25, 0.3) is 0 Å². The molecule has 1 aliphatic heterocycles. The summed E-state index contributed by atoms with van der Waals surface area (Å²) in [6.07, 6.45) is 3.49. The van der Waals surface area contributed by atoms with Gasteiger partial charge < -0.3 is 15.1 Å².